The lowest BCUT2D eigenvalue weighted by molar-refractivity contribution is 0.137. The standard InChI is InChI=1S/C13H16O2S/c14-12-8-16-7-10(12)5-9-6-15-13-4-2-1-3-11(9)13/h1-4,9-10,12,14H,5-8H2. The van der Waals surface area contributed by atoms with Crippen molar-refractivity contribution >= 4 is 11.8 Å². The first-order valence-corrected chi connectivity index (χ1v) is 6.97. The Hall–Kier alpha value is -0.670. The first kappa shape index (κ1) is 10.5. The molecule has 1 fully saturated rings. The quantitative estimate of drug-likeness (QED) is 0.854. The van der Waals surface area contributed by atoms with Crippen LogP contribution in [0.25, 0.3) is 0 Å². The highest BCUT2D eigenvalue weighted by atomic mass is 32.2. The Kier molecular flexibility index (Phi) is 2.82. The Bertz CT molecular complexity index is 380. The normalized spacial score (nSPS) is 32.4. The number of rotatable bonds is 2. The minimum Gasteiger partial charge on any atom is -0.493 e. The van der Waals surface area contributed by atoms with E-state index in [0.29, 0.717) is 11.8 Å². The van der Waals surface area contributed by atoms with Crippen molar-refractivity contribution in [3.63, 3.8) is 0 Å². The molecule has 2 aliphatic rings. The molecule has 0 spiro atoms. The van der Waals surface area contributed by atoms with E-state index in [-0.39, 0.29) is 6.10 Å². The molecular formula is C13H16O2S. The van der Waals surface area contributed by atoms with Crippen molar-refractivity contribution in [2.24, 2.45) is 5.92 Å². The Morgan fingerprint density at radius 3 is 3.00 bits per heavy atom. The first-order valence-electron chi connectivity index (χ1n) is 5.82. The van der Waals surface area contributed by atoms with Gasteiger partial charge in [0.15, 0.2) is 0 Å². The molecule has 16 heavy (non-hydrogen) atoms. The van der Waals surface area contributed by atoms with Gasteiger partial charge >= 0.3 is 0 Å². The fourth-order valence-corrected chi connectivity index (χ4v) is 3.91. The van der Waals surface area contributed by atoms with Gasteiger partial charge in [-0.2, -0.15) is 11.8 Å². The number of hydrogen-bond acceptors (Lipinski definition) is 3. The smallest absolute Gasteiger partial charge is 0.122 e. The Labute approximate surface area is 100 Å². The molecule has 0 aliphatic carbocycles. The SMILES string of the molecule is OC1CSCC1CC1COc2ccccc21. The van der Waals surface area contributed by atoms with Gasteiger partial charge in [0.2, 0.25) is 0 Å². The van der Waals surface area contributed by atoms with Crippen LogP contribution in [-0.4, -0.2) is 29.3 Å². The van der Waals surface area contributed by atoms with Gasteiger partial charge in [0, 0.05) is 17.2 Å². The molecule has 1 saturated heterocycles. The highest BCUT2D eigenvalue weighted by Gasteiger charge is 2.32. The van der Waals surface area contributed by atoms with Crippen molar-refractivity contribution in [2.45, 2.75) is 18.4 Å². The van der Waals surface area contributed by atoms with Gasteiger partial charge in [-0.25, -0.2) is 0 Å². The minimum absolute atomic E-state index is 0.113. The van der Waals surface area contributed by atoms with Crippen LogP contribution in [0.15, 0.2) is 24.3 Å². The predicted octanol–water partition coefficient (Wildman–Crippen LogP) is 2.28. The molecular weight excluding hydrogens is 220 g/mol. The lowest BCUT2D eigenvalue weighted by Crippen LogP contribution is -2.20. The molecule has 0 amide bonds. The topological polar surface area (TPSA) is 29.5 Å². The molecule has 3 atom stereocenters. The maximum Gasteiger partial charge on any atom is 0.122 e. The Balaban J connectivity index is 1.73. The van der Waals surface area contributed by atoms with Gasteiger partial charge in [-0.3, -0.25) is 0 Å². The maximum absolute atomic E-state index is 9.84. The van der Waals surface area contributed by atoms with Gasteiger partial charge in [-0.15, -0.1) is 0 Å². The number of thioether (sulfide) groups is 1. The zero-order valence-corrected chi connectivity index (χ0v) is 9.95. The fourth-order valence-electron chi connectivity index (χ4n) is 2.60. The predicted molar refractivity (Wildman–Crippen MR) is 66.1 cm³/mol. The van der Waals surface area contributed by atoms with Gasteiger partial charge in [-0.1, -0.05) is 18.2 Å². The summed E-state index contributed by atoms with van der Waals surface area (Å²) in [6.45, 7) is 0.785. The number of ether oxygens (including phenoxy) is 1. The number of aliphatic hydroxyl groups excluding tert-OH is 1. The molecule has 3 rings (SSSR count). The van der Waals surface area contributed by atoms with E-state index in [1.807, 2.05) is 23.9 Å². The Morgan fingerprint density at radius 1 is 1.31 bits per heavy atom. The summed E-state index contributed by atoms with van der Waals surface area (Å²) >= 11 is 1.86. The highest BCUT2D eigenvalue weighted by molar-refractivity contribution is 7.99. The van der Waals surface area contributed by atoms with E-state index in [2.05, 4.69) is 12.1 Å². The van der Waals surface area contributed by atoms with Crippen LogP contribution in [0.5, 0.6) is 5.75 Å². The number of benzene rings is 1. The summed E-state index contributed by atoms with van der Waals surface area (Å²) in [5, 5.41) is 9.84. The van der Waals surface area contributed by atoms with Gasteiger partial charge in [0.25, 0.3) is 0 Å². The van der Waals surface area contributed by atoms with Crippen LogP contribution >= 0.6 is 11.8 Å². The van der Waals surface area contributed by atoms with Crippen molar-refractivity contribution in [3.05, 3.63) is 29.8 Å². The monoisotopic (exact) mass is 236 g/mol. The summed E-state index contributed by atoms with van der Waals surface area (Å²) < 4.78 is 5.67. The zero-order valence-electron chi connectivity index (χ0n) is 9.13. The largest absolute Gasteiger partial charge is 0.493 e. The number of fused-ring (bicyclic) bond motifs is 1. The van der Waals surface area contributed by atoms with E-state index < -0.39 is 0 Å². The van der Waals surface area contributed by atoms with Crippen molar-refractivity contribution < 1.29 is 9.84 Å². The van der Waals surface area contributed by atoms with Crippen molar-refractivity contribution in [1.82, 2.24) is 0 Å². The summed E-state index contributed by atoms with van der Waals surface area (Å²) in [5.74, 6) is 3.96. The van der Waals surface area contributed by atoms with Crippen molar-refractivity contribution in [1.29, 1.82) is 0 Å². The molecule has 2 heterocycles. The number of aliphatic hydroxyl groups is 1. The molecule has 0 aromatic heterocycles. The average molecular weight is 236 g/mol. The van der Waals surface area contributed by atoms with Crippen LogP contribution in [0.3, 0.4) is 0 Å². The lowest BCUT2D eigenvalue weighted by Gasteiger charge is -2.17. The van der Waals surface area contributed by atoms with Gasteiger partial charge in [0.05, 0.1) is 12.7 Å². The molecule has 0 bridgehead atoms. The van der Waals surface area contributed by atoms with E-state index in [9.17, 15) is 5.11 Å². The fraction of sp³-hybridized carbons (Fsp3) is 0.538. The van der Waals surface area contributed by atoms with Crippen LogP contribution in [0.1, 0.15) is 17.9 Å². The van der Waals surface area contributed by atoms with E-state index >= 15 is 0 Å². The Morgan fingerprint density at radius 2 is 2.19 bits per heavy atom. The zero-order chi connectivity index (χ0) is 11.0. The molecule has 2 nitrogen and oxygen atoms in total. The third-order valence-corrected chi connectivity index (χ3v) is 4.79. The molecule has 3 unspecified atom stereocenters. The maximum atomic E-state index is 9.84. The van der Waals surface area contributed by atoms with E-state index in [4.69, 9.17) is 4.74 Å². The summed E-state index contributed by atoms with van der Waals surface area (Å²) in [5.41, 5.74) is 1.33. The van der Waals surface area contributed by atoms with Crippen LogP contribution in [-0.2, 0) is 0 Å². The second-order valence-electron chi connectivity index (χ2n) is 4.65. The third kappa shape index (κ3) is 1.82. The minimum atomic E-state index is -0.113. The molecule has 2 aliphatic heterocycles. The molecule has 0 saturated carbocycles. The summed E-state index contributed by atoms with van der Waals surface area (Å²) in [4.78, 5) is 0. The second kappa shape index (κ2) is 4.30. The van der Waals surface area contributed by atoms with E-state index in [0.717, 1.165) is 30.3 Å². The van der Waals surface area contributed by atoms with E-state index in [1.54, 1.807) is 0 Å². The van der Waals surface area contributed by atoms with Gasteiger partial charge in [0.1, 0.15) is 5.75 Å². The molecule has 1 aromatic rings. The first-order chi connectivity index (χ1) is 7.84. The van der Waals surface area contributed by atoms with Gasteiger partial charge in [-0.05, 0) is 24.2 Å². The molecule has 1 aromatic carbocycles. The molecule has 86 valence electrons. The third-order valence-electron chi connectivity index (χ3n) is 3.55. The van der Waals surface area contributed by atoms with E-state index in [1.165, 1.54) is 5.56 Å². The highest BCUT2D eigenvalue weighted by Crippen LogP contribution is 2.40. The van der Waals surface area contributed by atoms with Crippen LogP contribution in [0, 0.1) is 5.92 Å². The molecule has 3 heteroatoms. The van der Waals surface area contributed by atoms with Crippen LogP contribution < -0.4 is 4.74 Å². The summed E-state index contributed by atoms with van der Waals surface area (Å²) in [6, 6.07) is 8.28. The van der Waals surface area contributed by atoms with Crippen molar-refractivity contribution in [3.8, 4) is 5.75 Å². The van der Waals surface area contributed by atoms with Crippen molar-refractivity contribution in [2.75, 3.05) is 18.1 Å². The summed E-state index contributed by atoms with van der Waals surface area (Å²) in [6.07, 6.45) is 0.948. The molecule has 1 N–H and O–H groups in total. The number of hydrogen-bond donors (Lipinski definition) is 1. The van der Waals surface area contributed by atoms with Crippen LogP contribution in [0.4, 0.5) is 0 Å². The van der Waals surface area contributed by atoms with Gasteiger partial charge < -0.3 is 9.84 Å². The summed E-state index contributed by atoms with van der Waals surface area (Å²) in [7, 11) is 0. The lowest BCUT2D eigenvalue weighted by atomic mass is 9.89. The second-order valence-corrected chi connectivity index (χ2v) is 5.72. The van der Waals surface area contributed by atoms with Crippen LogP contribution in [0.2, 0.25) is 0 Å². The average Bonchev–Trinajstić information content (AvgIpc) is 2.88. The molecule has 0 radical (unpaired) electrons. The number of para-hydroxylation sites is 1.